The van der Waals surface area contributed by atoms with Crippen molar-refractivity contribution in [3.63, 3.8) is 0 Å². The maximum Gasteiger partial charge on any atom is 0.417 e. The Hall–Kier alpha value is -3.82. The van der Waals surface area contributed by atoms with Gasteiger partial charge in [-0.15, -0.1) is 0 Å². The van der Waals surface area contributed by atoms with Gasteiger partial charge in [0.15, 0.2) is 0 Å². The largest absolute Gasteiger partial charge is 0.487 e. The fraction of sp³-hybridized carbons (Fsp3) is 0.0952. The van der Waals surface area contributed by atoms with Crippen LogP contribution in [0.4, 0.5) is 22.0 Å². The number of aromatic amines is 1. The van der Waals surface area contributed by atoms with Gasteiger partial charge in [0.1, 0.15) is 29.7 Å². The van der Waals surface area contributed by atoms with Crippen LogP contribution >= 0.6 is 0 Å². The Morgan fingerprint density at radius 3 is 2.23 bits per heavy atom. The first-order chi connectivity index (χ1) is 14.8. The second-order valence-corrected chi connectivity index (χ2v) is 6.48. The first kappa shape index (κ1) is 20.5. The van der Waals surface area contributed by atoms with Gasteiger partial charge in [-0.05, 0) is 48.0 Å². The fourth-order valence-corrected chi connectivity index (χ4v) is 2.74. The number of aromatic nitrogens is 4. The minimum Gasteiger partial charge on any atom is -0.487 e. The molecule has 0 saturated carbocycles. The second-order valence-electron chi connectivity index (χ2n) is 6.48. The Balaban J connectivity index is 1.43. The molecule has 1 aromatic carbocycles. The van der Waals surface area contributed by atoms with Crippen molar-refractivity contribution < 1.29 is 26.7 Å². The molecule has 158 valence electrons. The van der Waals surface area contributed by atoms with Crippen molar-refractivity contribution in [3.8, 4) is 28.4 Å². The Kier molecular flexibility index (Phi) is 5.37. The van der Waals surface area contributed by atoms with Gasteiger partial charge in [-0.25, -0.2) is 14.4 Å². The molecule has 3 aromatic heterocycles. The number of nitrogens with zero attached hydrogens (tertiary/aromatic N) is 3. The van der Waals surface area contributed by atoms with E-state index in [0.29, 0.717) is 35.1 Å². The van der Waals surface area contributed by atoms with Crippen molar-refractivity contribution >= 4 is 0 Å². The van der Waals surface area contributed by atoms with Crippen LogP contribution in [0, 0.1) is 11.8 Å². The lowest BCUT2D eigenvalue weighted by Gasteiger charge is -2.10. The highest BCUT2D eigenvalue weighted by Gasteiger charge is 2.31. The van der Waals surface area contributed by atoms with Gasteiger partial charge in [0.05, 0.1) is 17.5 Å². The van der Waals surface area contributed by atoms with Crippen LogP contribution in [0.2, 0.25) is 0 Å². The smallest absolute Gasteiger partial charge is 0.417 e. The lowest BCUT2D eigenvalue weighted by atomic mass is 10.1. The molecule has 10 heteroatoms. The lowest BCUT2D eigenvalue weighted by Crippen LogP contribution is -2.09. The number of hydrogen-bond donors (Lipinski definition) is 1. The Labute approximate surface area is 172 Å². The van der Waals surface area contributed by atoms with Crippen molar-refractivity contribution in [1.29, 1.82) is 0 Å². The summed E-state index contributed by atoms with van der Waals surface area (Å²) in [6, 6.07) is 9.88. The van der Waals surface area contributed by atoms with Crippen LogP contribution in [0.3, 0.4) is 0 Å². The molecule has 5 nitrogen and oxygen atoms in total. The highest BCUT2D eigenvalue weighted by molar-refractivity contribution is 5.64. The standard InChI is InChI=1S/C21H13F5N4O/c22-16-7-14(21(24,25)26)9-27-18(16)11-31-15-4-1-12(2-5-15)17-10-29-20(30-17)13-3-6-19(23)28-8-13/h1-10H,11H2,(H,29,30). The van der Waals surface area contributed by atoms with Crippen LogP contribution < -0.4 is 4.74 Å². The Bertz CT molecular complexity index is 1190. The summed E-state index contributed by atoms with van der Waals surface area (Å²) in [6.45, 7) is -0.324. The molecule has 0 aliphatic rings. The molecule has 0 aliphatic heterocycles. The average molecular weight is 432 g/mol. The zero-order chi connectivity index (χ0) is 22.0. The molecule has 4 aromatic rings. The SMILES string of the molecule is Fc1ccc(-c2ncc(-c3ccc(OCc4ncc(C(F)(F)F)cc4F)cc3)[nH]2)cn1. The predicted molar refractivity (Wildman–Crippen MR) is 101 cm³/mol. The normalized spacial score (nSPS) is 11.5. The van der Waals surface area contributed by atoms with E-state index in [0.717, 1.165) is 5.56 Å². The van der Waals surface area contributed by atoms with E-state index < -0.39 is 23.5 Å². The van der Waals surface area contributed by atoms with E-state index >= 15 is 0 Å². The number of benzene rings is 1. The van der Waals surface area contributed by atoms with Gasteiger partial charge in [0.25, 0.3) is 0 Å². The number of pyridine rings is 2. The zero-order valence-corrected chi connectivity index (χ0v) is 15.6. The number of alkyl halides is 3. The number of nitrogens with one attached hydrogen (secondary N) is 1. The molecular formula is C21H13F5N4O. The van der Waals surface area contributed by atoms with E-state index in [9.17, 15) is 22.0 Å². The number of rotatable bonds is 5. The molecule has 1 N–H and O–H groups in total. The fourth-order valence-electron chi connectivity index (χ4n) is 2.74. The molecule has 0 amide bonds. The van der Waals surface area contributed by atoms with E-state index in [1.54, 1.807) is 36.5 Å². The molecule has 0 radical (unpaired) electrons. The Morgan fingerprint density at radius 2 is 1.58 bits per heavy atom. The first-order valence-electron chi connectivity index (χ1n) is 8.91. The van der Waals surface area contributed by atoms with Crippen molar-refractivity contribution in [2.75, 3.05) is 0 Å². The molecule has 0 saturated heterocycles. The van der Waals surface area contributed by atoms with Gasteiger partial charge < -0.3 is 9.72 Å². The van der Waals surface area contributed by atoms with Crippen LogP contribution in [-0.2, 0) is 12.8 Å². The first-order valence-corrected chi connectivity index (χ1v) is 8.91. The number of H-pyrrole nitrogens is 1. The number of ether oxygens (including phenoxy) is 1. The van der Waals surface area contributed by atoms with Crippen LogP contribution in [0.15, 0.2) is 61.1 Å². The number of imidazole rings is 1. The molecular weight excluding hydrogens is 419 g/mol. The summed E-state index contributed by atoms with van der Waals surface area (Å²) in [7, 11) is 0. The molecule has 0 spiro atoms. The van der Waals surface area contributed by atoms with E-state index in [-0.39, 0.29) is 12.3 Å². The predicted octanol–water partition coefficient (Wildman–Crippen LogP) is 5.41. The van der Waals surface area contributed by atoms with Gasteiger partial charge in [-0.2, -0.15) is 17.6 Å². The summed E-state index contributed by atoms with van der Waals surface area (Å²) in [5.41, 5.74) is 0.705. The Morgan fingerprint density at radius 1 is 0.839 bits per heavy atom. The minimum absolute atomic E-state index is 0.233. The maximum absolute atomic E-state index is 13.9. The summed E-state index contributed by atoms with van der Waals surface area (Å²) in [4.78, 5) is 14.4. The van der Waals surface area contributed by atoms with Crippen LogP contribution in [0.25, 0.3) is 22.6 Å². The summed E-state index contributed by atoms with van der Waals surface area (Å²) < 4.78 is 70.0. The van der Waals surface area contributed by atoms with Gasteiger partial charge in [0.2, 0.25) is 5.95 Å². The van der Waals surface area contributed by atoms with Gasteiger partial charge >= 0.3 is 6.18 Å². The summed E-state index contributed by atoms with van der Waals surface area (Å²) >= 11 is 0. The number of hydrogen-bond acceptors (Lipinski definition) is 4. The molecule has 0 atom stereocenters. The van der Waals surface area contributed by atoms with E-state index in [1.165, 1.54) is 12.3 Å². The molecule has 0 aliphatic carbocycles. The maximum atomic E-state index is 13.9. The minimum atomic E-state index is -4.66. The van der Waals surface area contributed by atoms with Crippen LogP contribution in [0.1, 0.15) is 11.3 Å². The van der Waals surface area contributed by atoms with Crippen molar-refractivity contribution in [3.05, 3.63) is 84.1 Å². The summed E-state index contributed by atoms with van der Waals surface area (Å²) in [5, 5.41) is 0. The van der Waals surface area contributed by atoms with E-state index in [1.807, 2.05) is 0 Å². The third-order valence-electron chi connectivity index (χ3n) is 4.36. The molecule has 31 heavy (non-hydrogen) atoms. The summed E-state index contributed by atoms with van der Waals surface area (Å²) in [6.07, 6.45) is -1.13. The van der Waals surface area contributed by atoms with E-state index in [4.69, 9.17) is 4.74 Å². The molecule has 0 unspecified atom stereocenters. The van der Waals surface area contributed by atoms with Crippen LogP contribution in [-0.4, -0.2) is 19.9 Å². The van der Waals surface area contributed by atoms with E-state index in [2.05, 4.69) is 19.9 Å². The van der Waals surface area contributed by atoms with Gasteiger partial charge in [-0.3, -0.25) is 4.98 Å². The number of halogens is 5. The molecule has 4 rings (SSSR count). The highest BCUT2D eigenvalue weighted by Crippen LogP contribution is 2.29. The van der Waals surface area contributed by atoms with Crippen LogP contribution in [0.5, 0.6) is 5.75 Å². The third kappa shape index (κ3) is 4.68. The van der Waals surface area contributed by atoms with Crippen molar-refractivity contribution in [1.82, 2.24) is 19.9 Å². The zero-order valence-electron chi connectivity index (χ0n) is 15.6. The van der Waals surface area contributed by atoms with Crippen molar-refractivity contribution in [2.45, 2.75) is 12.8 Å². The molecule has 0 fully saturated rings. The van der Waals surface area contributed by atoms with Crippen molar-refractivity contribution in [2.24, 2.45) is 0 Å². The lowest BCUT2D eigenvalue weighted by molar-refractivity contribution is -0.138. The quantitative estimate of drug-likeness (QED) is 0.338. The second kappa shape index (κ2) is 8.13. The van der Waals surface area contributed by atoms with Gasteiger partial charge in [0, 0.05) is 18.0 Å². The molecule has 0 bridgehead atoms. The molecule has 3 heterocycles. The topological polar surface area (TPSA) is 63.7 Å². The third-order valence-corrected chi connectivity index (χ3v) is 4.36. The van der Waals surface area contributed by atoms with Gasteiger partial charge in [-0.1, -0.05) is 0 Å². The monoisotopic (exact) mass is 432 g/mol. The average Bonchev–Trinajstić information content (AvgIpc) is 3.23. The summed E-state index contributed by atoms with van der Waals surface area (Å²) in [5.74, 6) is -0.775. The highest BCUT2D eigenvalue weighted by atomic mass is 19.4.